The molecule has 1 aromatic rings. The lowest BCUT2D eigenvalue weighted by Crippen LogP contribution is -2.68. The summed E-state index contributed by atoms with van der Waals surface area (Å²) in [5.41, 5.74) is 29.8. The standard InChI is InChI=1S/C18H37N5O9.C6H9N3O3/c19-3-9-8(25)2-7(22)17(29-9)31-15-5(20)1-6(21)16(14(15)28)32-18-13(27)11(23)12(26)10(4-24)30-18;1-5-7-4-6(9(11)12)8(5)2-3-10/h5-18,24-28H,1-4,19-23H2;4,10H,2-3H2,1H3/t5-,6+,7+,8-,9+,10+,11-,12+,13+,14-,15+,16-,17+,18+;/m0./s1. The molecule has 44 heavy (non-hydrogen) atoms. The Morgan fingerprint density at radius 1 is 0.955 bits per heavy atom. The fourth-order valence-corrected chi connectivity index (χ4v) is 5.41. The fraction of sp³-hybridized carbons (Fsp3) is 0.875. The van der Waals surface area contributed by atoms with Gasteiger partial charge in [0, 0.05) is 25.6 Å². The summed E-state index contributed by atoms with van der Waals surface area (Å²) in [5.74, 6) is 0.456. The van der Waals surface area contributed by atoms with Gasteiger partial charge in [-0.1, -0.05) is 0 Å². The lowest BCUT2D eigenvalue weighted by atomic mass is 9.84. The van der Waals surface area contributed by atoms with E-state index in [1.54, 1.807) is 6.92 Å². The van der Waals surface area contributed by atoms with E-state index in [1.807, 2.05) is 0 Å². The van der Waals surface area contributed by atoms with Crippen molar-refractivity contribution in [1.82, 2.24) is 9.55 Å². The number of nitrogens with two attached hydrogens (primary N) is 5. The topological polar surface area (TPSA) is 349 Å². The Bertz CT molecular complexity index is 1050. The van der Waals surface area contributed by atoms with Gasteiger partial charge in [-0.2, -0.15) is 0 Å². The molecule has 3 heterocycles. The quantitative estimate of drug-likeness (QED) is 0.0884. The van der Waals surface area contributed by atoms with Crippen LogP contribution in [0.1, 0.15) is 18.7 Å². The summed E-state index contributed by atoms with van der Waals surface area (Å²) in [4.78, 5) is 13.6. The Morgan fingerprint density at radius 2 is 1.55 bits per heavy atom. The molecule has 0 aromatic carbocycles. The van der Waals surface area contributed by atoms with Gasteiger partial charge in [0.15, 0.2) is 18.4 Å². The minimum Gasteiger partial charge on any atom is -0.394 e. The van der Waals surface area contributed by atoms with Crippen molar-refractivity contribution < 1.29 is 54.5 Å². The third-order valence-electron chi connectivity index (χ3n) is 7.96. The second-order valence-corrected chi connectivity index (χ2v) is 11.1. The van der Waals surface area contributed by atoms with Crippen LogP contribution >= 0.6 is 0 Å². The Balaban J connectivity index is 0.000000369. The second kappa shape index (κ2) is 16.0. The van der Waals surface area contributed by atoms with Crippen molar-refractivity contribution in [2.45, 2.75) is 112 Å². The zero-order chi connectivity index (χ0) is 32.9. The third-order valence-corrected chi connectivity index (χ3v) is 7.96. The van der Waals surface area contributed by atoms with Crippen LogP contribution in [0, 0.1) is 17.0 Å². The first-order chi connectivity index (χ1) is 20.7. The molecule has 3 aliphatic rings. The van der Waals surface area contributed by atoms with E-state index in [1.165, 1.54) is 10.8 Å². The molecule has 0 radical (unpaired) electrons. The normalized spacial score (nSPS) is 41.1. The summed E-state index contributed by atoms with van der Waals surface area (Å²) in [6, 6.07) is -3.27. The van der Waals surface area contributed by atoms with E-state index in [9.17, 15) is 35.6 Å². The predicted octanol–water partition coefficient (Wildman–Crippen LogP) is -6.20. The molecule has 1 aromatic heterocycles. The average molecular weight is 639 g/mol. The molecule has 1 aliphatic carbocycles. The monoisotopic (exact) mass is 638 g/mol. The molecule has 2 saturated heterocycles. The van der Waals surface area contributed by atoms with Crippen LogP contribution in [0.15, 0.2) is 6.20 Å². The summed E-state index contributed by atoms with van der Waals surface area (Å²) >= 11 is 0. The molecule has 2 aliphatic heterocycles. The summed E-state index contributed by atoms with van der Waals surface area (Å²) < 4.78 is 24.1. The van der Waals surface area contributed by atoms with Crippen LogP contribution in [-0.2, 0) is 25.5 Å². The fourth-order valence-electron chi connectivity index (χ4n) is 5.41. The second-order valence-electron chi connectivity index (χ2n) is 11.1. The molecular weight excluding hydrogens is 592 g/mol. The van der Waals surface area contributed by atoms with Gasteiger partial charge in [0.05, 0.1) is 37.5 Å². The SMILES string of the molecule is Cc1ncc([N+](=O)[O-])n1CCO.NC[C@H]1O[C@H](O[C@H]2[C@H](O)[C@@H](O[C@H]3O[C@H](CO)[C@@H](O)[C@H](N)[C@H]3O)[C@H](N)C[C@@H]2N)[C@H](N)C[C@@H]1O. The zero-order valence-electron chi connectivity index (χ0n) is 24.3. The Kier molecular flexibility index (Phi) is 13.3. The van der Waals surface area contributed by atoms with E-state index in [2.05, 4.69) is 4.98 Å². The zero-order valence-corrected chi connectivity index (χ0v) is 24.3. The molecule has 20 nitrogen and oxygen atoms in total. The van der Waals surface area contributed by atoms with Crippen molar-refractivity contribution >= 4 is 5.82 Å². The van der Waals surface area contributed by atoms with Crippen LogP contribution in [0.5, 0.6) is 0 Å². The summed E-state index contributed by atoms with van der Waals surface area (Å²) in [6.07, 6.45) is -9.58. The predicted molar refractivity (Wildman–Crippen MR) is 149 cm³/mol. The minimum atomic E-state index is -1.44. The number of ether oxygens (including phenoxy) is 4. The maximum atomic E-state index is 11.0. The smallest absolute Gasteiger partial charge is 0.342 e. The molecule has 4 rings (SSSR count). The van der Waals surface area contributed by atoms with Crippen LogP contribution in [0.25, 0.3) is 0 Å². The molecular formula is C24H46N8O12. The van der Waals surface area contributed by atoms with Gasteiger partial charge in [0.1, 0.15) is 49.4 Å². The highest BCUT2D eigenvalue weighted by atomic mass is 16.7. The number of hydrogen-bond acceptors (Lipinski definition) is 18. The molecule has 16 N–H and O–H groups in total. The molecule has 14 atom stereocenters. The lowest BCUT2D eigenvalue weighted by molar-refractivity contribution is -0.392. The number of aliphatic hydroxyl groups is 6. The van der Waals surface area contributed by atoms with E-state index >= 15 is 0 Å². The molecule has 0 unspecified atom stereocenters. The number of aryl methyl sites for hydroxylation is 1. The van der Waals surface area contributed by atoms with E-state index in [-0.39, 0.29) is 38.4 Å². The lowest BCUT2D eigenvalue weighted by Gasteiger charge is -2.47. The maximum Gasteiger partial charge on any atom is 0.342 e. The van der Waals surface area contributed by atoms with E-state index in [0.29, 0.717) is 5.82 Å². The number of aromatic nitrogens is 2. The van der Waals surface area contributed by atoms with Gasteiger partial charge in [-0.15, -0.1) is 0 Å². The van der Waals surface area contributed by atoms with Crippen LogP contribution in [0.4, 0.5) is 5.82 Å². The largest absolute Gasteiger partial charge is 0.394 e. The van der Waals surface area contributed by atoms with Gasteiger partial charge in [0.25, 0.3) is 0 Å². The first-order valence-corrected chi connectivity index (χ1v) is 14.2. The number of hydrogen-bond donors (Lipinski definition) is 11. The molecule has 1 saturated carbocycles. The van der Waals surface area contributed by atoms with Crippen LogP contribution < -0.4 is 28.7 Å². The van der Waals surface area contributed by atoms with Gasteiger partial charge in [-0.05, 0) is 17.8 Å². The molecule has 0 amide bonds. The third kappa shape index (κ3) is 8.23. The van der Waals surface area contributed by atoms with Gasteiger partial charge in [-0.3, -0.25) is 0 Å². The average Bonchev–Trinajstić information content (AvgIpc) is 3.34. The summed E-state index contributed by atoms with van der Waals surface area (Å²) in [7, 11) is 0. The molecule has 3 fully saturated rings. The molecule has 0 spiro atoms. The highest BCUT2D eigenvalue weighted by Gasteiger charge is 2.50. The van der Waals surface area contributed by atoms with Crippen molar-refractivity contribution in [3.63, 3.8) is 0 Å². The first-order valence-electron chi connectivity index (χ1n) is 14.2. The van der Waals surface area contributed by atoms with Crippen molar-refractivity contribution in [2.24, 2.45) is 28.7 Å². The number of nitro groups is 1. The van der Waals surface area contributed by atoms with Gasteiger partial charge < -0.3 is 88.4 Å². The highest BCUT2D eigenvalue weighted by Crippen LogP contribution is 2.30. The summed E-state index contributed by atoms with van der Waals surface area (Å²) in [6.45, 7) is 1.24. The van der Waals surface area contributed by atoms with Crippen molar-refractivity contribution in [1.29, 1.82) is 0 Å². The van der Waals surface area contributed by atoms with E-state index < -0.39 is 97.1 Å². The van der Waals surface area contributed by atoms with Gasteiger partial charge in [0.2, 0.25) is 0 Å². The highest BCUT2D eigenvalue weighted by molar-refractivity contribution is 5.18. The van der Waals surface area contributed by atoms with Crippen molar-refractivity contribution in [2.75, 3.05) is 19.8 Å². The van der Waals surface area contributed by atoms with Crippen molar-refractivity contribution in [3.8, 4) is 0 Å². The first kappa shape index (κ1) is 36.5. The van der Waals surface area contributed by atoms with E-state index in [0.717, 1.165) is 0 Å². The van der Waals surface area contributed by atoms with Crippen molar-refractivity contribution in [3.05, 3.63) is 22.1 Å². The maximum absolute atomic E-state index is 11.0. The minimum absolute atomic E-state index is 0.0542. The number of imidazole rings is 1. The van der Waals surface area contributed by atoms with Crippen LogP contribution in [0.3, 0.4) is 0 Å². The number of aliphatic hydroxyl groups excluding tert-OH is 6. The Hall–Kier alpha value is -1.99. The van der Waals surface area contributed by atoms with Crippen LogP contribution in [-0.4, -0.2) is 150 Å². The van der Waals surface area contributed by atoms with E-state index in [4.69, 9.17) is 52.7 Å². The Labute approximate surface area is 252 Å². The molecule has 254 valence electrons. The van der Waals surface area contributed by atoms with Gasteiger partial charge >= 0.3 is 5.82 Å². The number of nitrogens with zero attached hydrogens (tertiary/aromatic N) is 3. The van der Waals surface area contributed by atoms with Gasteiger partial charge in [-0.25, -0.2) is 9.55 Å². The van der Waals surface area contributed by atoms with Crippen LogP contribution in [0.2, 0.25) is 0 Å². The Morgan fingerprint density at radius 3 is 2.09 bits per heavy atom. The summed E-state index contributed by atoms with van der Waals surface area (Å²) in [5, 5.41) is 69.7. The molecule has 0 bridgehead atoms. The number of rotatable bonds is 9. The molecule has 20 heteroatoms.